The number of hydrogen-bond donors (Lipinski definition) is 2. The predicted molar refractivity (Wildman–Crippen MR) is 96.9 cm³/mol. The average Bonchev–Trinajstić information content (AvgIpc) is 3.33. The number of rotatable bonds is 6. The van der Waals surface area contributed by atoms with Gasteiger partial charge in [0.15, 0.2) is 11.6 Å². The first-order valence-electron chi connectivity index (χ1n) is 7.45. The van der Waals surface area contributed by atoms with E-state index in [9.17, 15) is 14.3 Å². The van der Waals surface area contributed by atoms with Gasteiger partial charge in [-0.3, -0.25) is 4.79 Å². The van der Waals surface area contributed by atoms with Gasteiger partial charge in [0.05, 0.1) is 13.7 Å². The van der Waals surface area contributed by atoms with E-state index in [0.29, 0.717) is 5.56 Å². The van der Waals surface area contributed by atoms with Gasteiger partial charge >= 0.3 is 0 Å². The molecule has 3 rings (SSSR count). The molecule has 0 unspecified atom stereocenters. The fraction of sp³-hybridized carbons (Fsp3) is 0.167. The molecule has 7 heteroatoms. The molecule has 0 fully saturated rings. The zero-order chi connectivity index (χ0) is 17.9. The van der Waals surface area contributed by atoms with Crippen LogP contribution in [0.4, 0.5) is 4.39 Å². The third-order valence-electron chi connectivity index (χ3n) is 3.85. The van der Waals surface area contributed by atoms with E-state index in [2.05, 4.69) is 5.32 Å². The van der Waals surface area contributed by atoms with Gasteiger partial charge in [-0.25, -0.2) is 4.39 Å². The monoisotopic (exact) mass is 377 g/mol. The average molecular weight is 377 g/mol. The number of ether oxygens (including phenoxy) is 1. The van der Waals surface area contributed by atoms with Crippen LogP contribution >= 0.6 is 22.7 Å². The second-order valence-corrected chi connectivity index (χ2v) is 7.11. The second kappa shape index (κ2) is 7.35. The quantitative estimate of drug-likeness (QED) is 0.690. The third kappa shape index (κ3) is 3.58. The first-order chi connectivity index (χ1) is 12.0. The van der Waals surface area contributed by atoms with Crippen molar-refractivity contribution in [2.45, 2.75) is 5.60 Å². The summed E-state index contributed by atoms with van der Waals surface area (Å²) in [6.07, 6.45) is 0. The molecule has 0 aliphatic carbocycles. The van der Waals surface area contributed by atoms with Crippen LogP contribution in [0.3, 0.4) is 0 Å². The van der Waals surface area contributed by atoms with Crippen LogP contribution in [-0.4, -0.2) is 24.7 Å². The van der Waals surface area contributed by atoms with Gasteiger partial charge in [0.1, 0.15) is 5.60 Å². The van der Waals surface area contributed by atoms with E-state index in [1.807, 2.05) is 34.3 Å². The Morgan fingerprint density at radius 2 is 2.16 bits per heavy atom. The molecule has 2 N–H and O–H groups in total. The molecule has 1 aromatic carbocycles. The fourth-order valence-electron chi connectivity index (χ4n) is 2.46. The summed E-state index contributed by atoms with van der Waals surface area (Å²) in [5.74, 6) is -1.00. The molecule has 0 spiro atoms. The van der Waals surface area contributed by atoms with Crippen molar-refractivity contribution in [2.24, 2.45) is 0 Å². The van der Waals surface area contributed by atoms with Crippen LogP contribution in [0.15, 0.2) is 52.5 Å². The third-order valence-corrected chi connectivity index (χ3v) is 5.55. The van der Waals surface area contributed by atoms with Crippen LogP contribution in [0.25, 0.3) is 0 Å². The van der Waals surface area contributed by atoms with Crippen LogP contribution in [0.5, 0.6) is 5.75 Å². The Labute approximate surface area is 152 Å². The van der Waals surface area contributed by atoms with Gasteiger partial charge in [-0.2, -0.15) is 11.3 Å². The molecule has 130 valence electrons. The van der Waals surface area contributed by atoms with Crippen LogP contribution in [0.1, 0.15) is 20.8 Å². The lowest BCUT2D eigenvalue weighted by molar-refractivity contribution is 0.0720. The topological polar surface area (TPSA) is 58.6 Å². The lowest BCUT2D eigenvalue weighted by atomic mass is 9.94. The number of thiophene rings is 2. The van der Waals surface area contributed by atoms with Crippen molar-refractivity contribution >= 4 is 28.6 Å². The molecule has 1 atom stereocenters. The van der Waals surface area contributed by atoms with Gasteiger partial charge in [0.2, 0.25) is 0 Å². The van der Waals surface area contributed by atoms with E-state index in [1.165, 1.54) is 41.9 Å². The maximum Gasteiger partial charge on any atom is 0.251 e. The largest absolute Gasteiger partial charge is 0.494 e. The Bertz CT molecular complexity index is 813. The second-order valence-electron chi connectivity index (χ2n) is 5.38. The standard InChI is InChI=1S/C18H16FNO3S2/c1-23-15-5-4-12(9-14(15)19)17(21)20-11-18(22,13-6-8-24-10-13)16-3-2-7-25-16/h2-10,22H,11H2,1H3,(H,20,21)/t18-/m1/s1. The van der Waals surface area contributed by atoms with E-state index in [-0.39, 0.29) is 17.9 Å². The molecule has 0 radical (unpaired) electrons. The predicted octanol–water partition coefficient (Wildman–Crippen LogP) is 3.62. The molecule has 2 heterocycles. The fourth-order valence-corrected chi connectivity index (χ4v) is 4.03. The van der Waals surface area contributed by atoms with Gasteiger partial charge in [0.25, 0.3) is 5.91 Å². The van der Waals surface area contributed by atoms with Crippen molar-refractivity contribution in [3.8, 4) is 5.75 Å². The van der Waals surface area contributed by atoms with Crippen molar-refractivity contribution < 1.29 is 19.0 Å². The van der Waals surface area contributed by atoms with Crippen molar-refractivity contribution in [1.29, 1.82) is 0 Å². The molecule has 0 saturated carbocycles. The van der Waals surface area contributed by atoms with Crippen LogP contribution < -0.4 is 10.1 Å². The first-order valence-corrected chi connectivity index (χ1v) is 9.27. The first kappa shape index (κ1) is 17.6. The highest BCUT2D eigenvalue weighted by atomic mass is 32.1. The minimum Gasteiger partial charge on any atom is -0.494 e. The molecule has 25 heavy (non-hydrogen) atoms. The number of carbonyl (C=O) groups excluding carboxylic acids is 1. The Kier molecular flexibility index (Phi) is 5.17. The number of amides is 1. The van der Waals surface area contributed by atoms with Crippen LogP contribution in [0, 0.1) is 5.82 Å². The lowest BCUT2D eigenvalue weighted by Crippen LogP contribution is -2.41. The van der Waals surface area contributed by atoms with E-state index in [1.54, 1.807) is 0 Å². The smallest absolute Gasteiger partial charge is 0.251 e. The number of benzene rings is 1. The number of halogens is 1. The van der Waals surface area contributed by atoms with Crippen molar-refractivity contribution in [3.05, 3.63) is 74.4 Å². The molecule has 3 aromatic rings. The van der Waals surface area contributed by atoms with Gasteiger partial charge in [-0.15, -0.1) is 11.3 Å². The van der Waals surface area contributed by atoms with Gasteiger partial charge < -0.3 is 15.2 Å². The molecule has 0 aliphatic rings. The number of hydrogen-bond acceptors (Lipinski definition) is 5. The molecule has 4 nitrogen and oxygen atoms in total. The van der Waals surface area contributed by atoms with E-state index < -0.39 is 17.3 Å². The minimum atomic E-state index is -1.32. The molecule has 0 aliphatic heterocycles. The Morgan fingerprint density at radius 1 is 1.32 bits per heavy atom. The highest BCUT2D eigenvalue weighted by Crippen LogP contribution is 2.33. The van der Waals surface area contributed by atoms with Crippen LogP contribution in [-0.2, 0) is 5.60 Å². The number of methoxy groups -OCH3 is 1. The molecule has 2 aromatic heterocycles. The molecule has 0 bridgehead atoms. The molecular formula is C18H16FNO3S2. The summed E-state index contributed by atoms with van der Waals surface area (Å²) >= 11 is 2.88. The SMILES string of the molecule is COc1ccc(C(=O)NC[C@@](O)(c2ccsc2)c2cccs2)cc1F. The number of aliphatic hydroxyl groups is 1. The van der Waals surface area contributed by atoms with Gasteiger partial charge in [-0.05, 0) is 46.5 Å². The molecular weight excluding hydrogens is 361 g/mol. The van der Waals surface area contributed by atoms with Crippen molar-refractivity contribution in [1.82, 2.24) is 5.32 Å². The highest BCUT2D eigenvalue weighted by Gasteiger charge is 2.33. The zero-order valence-corrected chi connectivity index (χ0v) is 15.0. The normalized spacial score (nSPS) is 13.2. The van der Waals surface area contributed by atoms with Gasteiger partial charge in [0, 0.05) is 16.0 Å². The Balaban J connectivity index is 1.80. The summed E-state index contributed by atoms with van der Waals surface area (Å²) in [6.45, 7) is -0.0171. The summed E-state index contributed by atoms with van der Waals surface area (Å²) in [4.78, 5) is 13.1. The van der Waals surface area contributed by atoms with E-state index in [0.717, 1.165) is 10.9 Å². The molecule has 1 amide bonds. The summed E-state index contributed by atoms with van der Waals surface area (Å²) in [7, 11) is 1.36. The van der Waals surface area contributed by atoms with Crippen LogP contribution in [0.2, 0.25) is 0 Å². The van der Waals surface area contributed by atoms with Crippen molar-refractivity contribution in [3.63, 3.8) is 0 Å². The lowest BCUT2D eigenvalue weighted by Gasteiger charge is -2.27. The Morgan fingerprint density at radius 3 is 2.76 bits per heavy atom. The zero-order valence-electron chi connectivity index (χ0n) is 13.4. The minimum absolute atomic E-state index is 0.0171. The number of carbonyl (C=O) groups is 1. The van der Waals surface area contributed by atoms with Crippen molar-refractivity contribution in [2.75, 3.05) is 13.7 Å². The number of nitrogens with one attached hydrogen (secondary N) is 1. The van der Waals surface area contributed by atoms with E-state index >= 15 is 0 Å². The molecule has 0 saturated heterocycles. The Hall–Kier alpha value is -2.22. The highest BCUT2D eigenvalue weighted by molar-refractivity contribution is 7.10. The van der Waals surface area contributed by atoms with E-state index in [4.69, 9.17) is 4.74 Å². The maximum atomic E-state index is 13.8. The maximum absolute atomic E-state index is 13.8. The summed E-state index contributed by atoms with van der Waals surface area (Å²) in [6, 6.07) is 9.48. The van der Waals surface area contributed by atoms with Gasteiger partial charge in [-0.1, -0.05) is 6.07 Å². The summed E-state index contributed by atoms with van der Waals surface area (Å²) < 4.78 is 18.6. The summed E-state index contributed by atoms with van der Waals surface area (Å²) in [5.41, 5.74) is -0.451. The summed E-state index contributed by atoms with van der Waals surface area (Å²) in [5, 5.41) is 19.5.